The Hall–Kier alpha value is -2.08. The molecule has 2 heterocycles. The normalized spacial score (nSPS) is 54.4. The zero-order valence-corrected chi connectivity index (χ0v) is 32.9. The summed E-state index contributed by atoms with van der Waals surface area (Å²) in [5, 5.41) is 80.8. The number of hydrogen-bond acceptors (Lipinski definition) is 10. The van der Waals surface area contributed by atoms with Crippen LogP contribution < -0.4 is 5.32 Å². The second-order valence-electron chi connectivity index (χ2n) is 20.2. The van der Waals surface area contributed by atoms with E-state index in [0.29, 0.717) is 51.5 Å². The Labute approximate surface area is 324 Å². The number of amides is 1. The van der Waals surface area contributed by atoms with Gasteiger partial charge in [-0.15, -0.1) is 5.92 Å². The Morgan fingerprint density at radius 2 is 1.71 bits per heavy atom. The zero-order chi connectivity index (χ0) is 39.5. The van der Waals surface area contributed by atoms with Crippen LogP contribution in [0.15, 0.2) is 11.6 Å². The molecule has 0 aromatic heterocycles. The van der Waals surface area contributed by atoms with Gasteiger partial charge in [0.2, 0.25) is 5.91 Å². The fourth-order valence-electron chi connectivity index (χ4n) is 14.9. The van der Waals surface area contributed by atoms with Crippen LogP contribution in [0.3, 0.4) is 0 Å². The highest BCUT2D eigenvalue weighted by Gasteiger charge is 2.75. The molecule has 8 aliphatic rings. The average molecular weight is 770 g/mol. The lowest BCUT2D eigenvalue weighted by molar-refractivity contribution is -0.342. The molecule has 1 spiro atoms. The van der Waals surface area contributed by atoms with Crippen LogP contribution >= 0.6 is 0 Å². The van der Waals surface area contributed by atoms with Gasteiger partial charge in [0.1, 0.15) is 18.3 Å². The van der Waals surface area contributed by atoms with Crippen molar-refractivity contribution in [1.29, 1.82) is 0 Å². The van der Waals surface area contributed by atoms with Crippen molar-refractivity contribution in [2.45, 2.75) is 135 Å². The van der Waals surface area contributed by atoms with Crippen molar-refractivity contribution >= 4 is 11.9 Å². The third kappa shape index (κ3) is 5.39. The summed E-state index contributed by atoms with van der Waals surface area (Å²) in [5.74, 6) is 4.88. The van der Waals surface area contributed by atoms with Crippen molar-refractivity contribution in [3.8, 4) is 11.8 Å². The molecule has 6 fully saturated rings. The molecule has 0 aromatic rings. The number of carbonyl (C=O) groups excluding carboxylic acids is 1. The van der Waals surface area contributed by atoms with Crippen LogP contribution in [0, 0.1) is 79.8 Å². The number of carboxylic acids is 1. The molecule has 1 amide bonds. The van der Waals surface area contributed by atoms with Crippen LogP contribution in [-0.2, 0) is 19.1 Å². The molecule has 4 saturated carbocycles. The number of carbonyl (C=O) groups is 2. The van der Waals surface area contributed by atoms with Gasteiger partial charge < -0.3 is 50.5 Å². The first-order valence-corrected chi connectivity index (χ1v) is 20.9. The Kier molecular flexibility index (Phi) is 9.74. The first-order chi connectivity index (χ1) is 26.0. The van der Waals surface area contributed by atoms with E-state index in [1.54, 1.807) is 0 Å². The molecule has 306 valence electrons. The van der Waals surface area contributed by atoms with Gasteiger partial charge >= 0.3 is 5.97 Å². The molecule has 18 atom stereocenters. The maximum Gasteiger partial charge on any atom is 0.310 e. The van der Waals surface area contributed by atoms with Crippen molar-refractivity contribution in [3.63, 3.8) is 0 Å². The first-order valence-electron chi connectivity index (χ1n) is 20.9. The molecule has 2 saturated heterocycles. The summed E-state index contributed by atoms with van der Waals surface area (Å²) in [4.78, 5) is 26.2. The fraction of sp³-hybridized carbons (Fsp3) is 0.860. The van der Waals surface area contributed by atoms with Gasteiger partial charge in [-0.3, -0.25) is 9.59 Å². The average Bonchev–Trinajstić information content (AvgIpc) is 3.59. The van der Waals surface area contributed by atoms with Crippen molar-refractivity contribution in [1.82, 2.24) is 5.32 Å². The number of aliphatic carboxylic acids is 1. The quantitative estimate of drug-likeness (QED) is 0.112. The predicted molar refractivity (Wildman–Crippen MR) is 198 cm³/mol. The first kappa shape index (κ1) is 39.7. The topological polar surface area (TPSA) is 206 Å². The molecule has 6 aliphatic carbocycles. The largest absolute Gasteiger partial charge is 0.481 e. The van der Waals surface area contributed by atoms with E-state index in [9.17, 15) is 45.3 Å². The smallest absolute Gasteiger partial charge is 0.310 e. The number of nitrogens with one attached hydrogen (secondary N) is 1. The molecule has 18 unspecified atom stereocenters. The van der Waals surface area contributed by atoms with E-state index in [0.717, 1.165) is 19.3 Å². The molecule has 8 N–H and O–H groups in total. The maximum absolute atomic E-state index is 13.4. The molecule has 12 nitrogen and oxygen atoms in total. The number of rotatable bonds is 6. The number of allylic oxidation sites excluding steroid dienone is 2. The Balaban J connectivity index is 1.29. The van der Waals surface area contributed by atoms with Crippen LogP contribution in [0.5, 0.6) is 0 Å². The highest BCUT2D eigenvalue weighted by atomic mass is 16.7. The lowest BCUT2D eigenvalue weighted by Gasteiger charge is -2.74. The standard InChI is InChI=1S/C43H63NO11/c1-38(21-45)13-14-42(37(52)53)15-16-43-11-6-5-7-24(23-17-30(48)44-19-23)31-33(50)35(55-36-34(51)32(49)27(47)20-54-36)39(2,22-46)28-10-12-40(43,3)29(41(28,31)4)9-8-25(43)26(42)18-38/h8,23-24,26-29,31-36,45-47,49-51H,6,9-22H2,1-4H3,(H,44,48)(H,52,53). The van der Waals surface area contributed by atoms with Crippen molar-refractivity contribution in [3.05, 3.63) is 11.6 Å². The van der Waals surface area contributed by atoms with Gasteiger partial charge in [0, 0.05) is 43.2 Å². The van der Waals surface area contributed by atoms with E-state index in [1.165, 1.54) is 5.57 Å². The van der Waals surface area contributed by atoms with Gasteiger partial charge in [-0.05, 0) is 103 Å². The third-order valence-electron chi connectivity index (χ3n) is 17.9. The summed E-state index contributed by atoms with van der Waals surface area (Å²) >= 11 is 0. The van der Waals surface area contributed by atoms with Gasteiger partial charge in [0.05, 0.1) is 30.8 Å². The minimum Gasteiger partial charge on any atom is -0.481 e. The Bertz CT molecular complexity index is 1660. The number of aliphatic hydroxyl groups excluding tert-OH is 6. The van der Waals surface area contributed by atoms with Crippen molar-refractivity contribution in [2.24, 2.45) is 68.0 Å². The van der Waals surface area contributed by atoms with Crippen LogP contribution in [0.2, 0.25) is 0 Å². The van der Waals surface area contributed by atoms with Gasteiger partial charge in [0.15, 0.2) is 6.29 Å². The molecule has 2 aliphatic heterocycles. The molecule has 55 heavy (non-hydrogen) atoms. The van der Waals surface area contributed by atoms with E-state index in [-0.39, 0.29) is 72.1 Å². The van der Waals surface area contributed by atoms with E-state index in [2.05, 4.69) is 44.0 Å². The van der Waals surface area contributed by atoms with Gasteiger partial charge in [-0.1, -0.05) is 45.3 Å². The third-order valence-corrected chi connectivity index (χ3v) is 17.9. The SMILES string of the molecule is CC1(CO)CCC2(C(=O)O)CCC34CCC#CC(C5CNC(=O)C5)C5C(O)C(OC6OCC(O)C(O)C6O)C(C)(CO)C6CCC3(C)C(CC=C4C2C1)C56C. The Morgan fingerprint density at radius 1 is 0.964 bits per heavy atom. The molecule has 0 radical (unpaired) electrons. The summed E-state index contributed by atoms with van der Waals surface area (Å²) in [5.41, 5.74) is -2.38. The molecule has 8 rings (SSSR count). The second-order valence-corrected chi connectivity index (χ2v) is 20.2. The highest BCUT2D eigenvalue weighted by Crippen LogP contribution is 2.78. The number of ether oxygens (including phenoxy) is 2. The summed E-state index contributed by atoms with van der Waals surface area (Å²) in [6, 6.07) is 0. The number of carboxylic acid groups (broad SMARTS) is 1. The van der Waals surface area contributed by atoms with Gasteiger partial charge in [-0.25, -0.2) is 0 Å². The molecular weight excluding hydrogens is 706 g/mol. The van der Waals surface area contributed by atoms with Crippen molar-refractivity contribution in [2.75, 3.05) is 26.4 Å². The monoisotopic (exact) mass is 769 g/mol. The van der Waals surface area contributed by atoms with E-state index >= 15 is 0 Å². The number of hydrogen-bond donors (Lipinski definition) is 8. The van der Waals surface area contributed by atoms with Crippen LogP contribution in [0.1, 0.15) is 98.3 Å². The summed E-state index contributed by atoms with van der Waals surface area (Å²) in [6.45, 7) is 8.54. The summed E-state index contributed by atoms with van der Waals surface area (Å²) in [6.07, 6.45) is 1.22. The van der Waals surface area contributed by atoms with E-state index in [1.807, 2.05) is 6.92 Å². The maximum atomic E-state index is 13.4. The van der Waals surface area contributed by atoms with Crippen molar-refractivity contribution < 1.29 is 54.8 Å². The minimum atomic E-state index is -1.59. The van der Waals surface area contributed by atoms with E-state index in [4.69, 9.17) is 9.47 Å². The van der Waals surface area contributed by atoms with Crippen LogP contribution in [0.25, 0.3) is 0 Å². The number of fused-ring (bicyclic) bond motifs is 2. The van der Waals surface area contributed by atoms with Crippen LogP contribution in [0.4, 0.5) is 0 Å². The minimum absolute atomic E-state index is 0.0000676. The lowest BCUT2D eigenvalue weighted by Crippen LogP contribution is -2.73. The lowest BCUT2D eigenvalue weighted by atomic mass is 9.30. The van der Waals surface area contributed by atoms with Gasteiger partial charge in [0.25, 0.3) is 0 Å². The van der Waals surface area contributed by atoms with E-state index < -0.39 is 70.9 Å². The molecule has 0 aromatic carbocycles. The zero-order valence-electron chi connectivity index (χ0n) is 32.9. The second kappa shape index (κ2) is 13.5. The van der Waals surface area contributed by atoms with Gasteiger partial charge in [-0.2, -0.15) is 0 Å². The molecule has 4 bridgehead atoms. The Morgan fingerprint density at radius 3 is 2.38 bits per heavy atom. The highest BCUT2D eigenvalue weighted by molar-refractivity contribution is 5.78. The summed E-state index contributed by atoms with van der Waals surface area (Å²) in [7, 11) is 0. The molecular formula is C43H63NO11. The fourth-order valence-corrected chi connectivity index (χ4v) is 14.9. The van der Waals surface area contributed by atoms with Crippen LogP contribution in [-0.4, -0.2) is 111 Å². The predicted octanol–water partition coefficient (Wildman–Crippen LogP) is 2.37. The molecule has 12 heteroatoms. The number of aliphatic hydroxyl groups is 6. The summed E-state index contributed by atoms with van der Waals surface area (Å²) < 4.78 is 12.3.